The number of carbonyl (C=O) groups excluding carboxylic acids is 1. The van der Waals surface area contributed by atoms with Crippen molar-refractivity contribution in [3.05, 3.63) is 29.8 Å². The van der Waals surface area contributed by atoms with E-state index in [-0.39, 0.29) is 24.1 Å². The molecule has 0 spiro atoms. The molecule has 1 fully saturated rings. The van der Waals surface area contributed by atoms with E-state index < -0.39 is 15.6 Å². The molecule has 1 saturated heterocycles. The van der Waals surface area contributed by atoms with Gasteiger partial charge in [0.15, 0.2) is 0 Å². The molecule has 0 aliphatic carbocycles. The summed E-state index contributed by atoms with van der Waals surface area (Å²) in [6.07, 6.45) is 0.611. The van der Waals surface area contributed by atoms with Crippen molar-refractivity contribution in [1.29, 1.82) is 0 Å². The fourth-order valence-corrected chi connectivity index (χ4v) is 3.70. The molecular weight excluding hydrogens is 326 g/mol. The molecule has 1 heterocycles. The number of amides is 1. The van der Waals surface area contributed by atoms with Crippen LogP contribution in [0.4, 0.5) is 5.69 Å². The number of rotatable bonds is 4. The van der Waals surface area contributed by atoms with Crippen LogP contribution in [0.5, 0.6) is 0 Å². The summed E-state index contributed by atoms with van der Waals surface area (Å²) in [5.74, 6) is -0.0999. The zero-order valence-corrected chi connectivity index (χ0v) is 14.3. The number of nitrogens with one attached hydrogen (secondary N) is 1. The third-order valence-corrected chi connectivity index (χ3v) is 5.07. The first-order valence-electron chi connectivity index (χ1n) is 6.87. The predicted octanol–water partition coefficient (Wildman–Crippen LogP) is 1.12. The van der Waals surface area contributed by atoms with Crippen LogP contribution >= 0.6 is 12.4 Å². The predicted molar refractivity (Wildman–Crippen MR) is 90.0 cm³/mol. The van der Waals surface area contributed by atoms with E-state index in [1.165, 1.54) is 4.31 Å². The lowest BCUT2D eigenvalue weighted by molar-refractivity contribution is 0.0946. The number of sulfonamides is 1. The Morgan fingerprint density at radius 3 is 2.64 bits per heavy atom. The van der Waals surface area contributed by atoms with Crippen molar-refractivity contribution in [2.75, 3.05) is 23.1 Å². The smallest absolute Gasteiger partial charge is 0.251 e. The van der Waals surface area contributed by atoms with Crippen LogP contribution in [0, 0.1) is 0 Å². The van der Waals surface area contributed by atoms with Gasteiger partial charge in [-0.2, -0.15) is 0 Å². The van der Waals surface area contributed by atoms with Gasteiger partial charge in [-0.3, -0.25) is 9.10 Å². The van der Waals surface area contributed by atoms with Gasteiger partial charge < -0.3 is 11.1 Å². The summed E-state index contributed by atoms with van der Waals surface area (Å²) in [6.45, 7) is 4.45. The molecule has 124 valence electrons. The van der Waals surface area contributed by atoms with Gasteiger partial charge in [-0.05, 0) is 38.5 Å². The van der Waals surface area contributed by atoms with Crippen molar-refractivity contribution >= 4 is 34.0 Å². The SMILES string of the molecule is CC(C)(N)CNC(=O)c1cccc(N2CCCS2(=O)=O)c1.Cl. The summed E-state index contributed by atoms with van der Waals surface area (Å²) in [5, 5.41) is 2.75. The number of nitrogens with zero attached hydrogens (tertiary/aromatic N) is 1. The zero-order valence-electron chi connectivity index (χ0n) is 12.7. The van der Waals surface area contributed by atoms with E-state index in [1.807, 2.05) is 13.8 Å². The summed E-state index contributed by atoms with van der Waals surface area (Å²) in [4.78, 5) is 12.1. The highest BCUT2D eigenvalue weighted by atomic mass is 35.5. The third kappa shape index (κ3) is 4.59. The van der Waals surface area contributed by atoms with Gasteiger partial charge >= 0.3 is 0 Å². The summed E-state index contributed by atoms with van der Waals surface area (Å²) in [7, 11) is -3.24. The number of hydrogen-bond donors (Lipinski definition) is 2. The Morgan fingerprint density at radius 2 is 2.09 bits per heavy atom. The minimum atomic E-state index is -3.24. The van der Waals surface area contributed by atoms with E-state index in [4.69, 9.17) is 5.73 Å². The van der Waals surface area contributed by atoms with Crippen molar-refractivity contribution in [2.24, 2.45) is 5.73 Å². The number of carbonyl (C=O) groups is 1. The highest BCUT2D eigenvalue weighted by Crippen LogP contribution is 2.24. The first kappa shape index (κ1) is 18.7. The van der Waals surface area contributed by atoms with E-state index in [1.54, 1.807) is 24.3 Å². The average Bonchev–Trinajstić information content (AvgIpc) is 2.75. The van der Waals surface area contributed by atoms with Crippen LogP contribution in [-0.2, 0) is 10.0 Å². The van der Waals surface area contributed by atoms with Gasteiger partial charge in [0.2, 0.25) is 10.0 Å². The molecule has 0 bridgehead atoms. The Hall–Kier alpha value is -1.31. The average molecular weight is 348 g/mol. The lowest BCUT2D eigenvalue weighted by Crippen LogP contribution is -2.45. The lowest BCUT2D eigenvalue weighted by atomic mass is 10.1. The second-order valence-corrected chi connectivity index (χ2v) is 7.98. The monoisotopic (exact) mass is 347 g/mol. The summed E-state index contributed by atoms with van der Waals surface area (Å²) in [6, 6.07) is 6.64. The minimum absolute atomic E-state index is 0. The topological polar surface area (TPSA) is 92.5 Å². The van der Waals surface area contributed by atoms with Gasteiger partial charge in [0.25, 0.3) is 5.91 Å². The summed E-state index contributed by atoms with van der Waals surface area (Å²) in [5.41, 5.74) is 6.29. The molecule has 1 aliphatic rings. The van der Waals surface area contributed by atoms with Crippen molar-refractivity contribution in [1.82, 2.24) is 5.32 Å². The second kappa shape index (κ2) is 6.85. The number of anilines is 1. The molecule has 6 nitrogen and oxygen atoms in total. The molecule has 1 aliphatic heterocycles. The maximum Gasteiger partial charge on any atom is 0.251 e. The molecule has 1 aromatic carbocycles. The molecular formula is C14H22ClN3O3S. The Balaban J connectivity index is 0.00000242. The van der Waals surface area contributed by atoms with Crippen LogP contribution < -0.4 is 15.4 Å². The van der Waals surface area contributed by atoms with Gasteiger partial charge in [-0.1, -0.05) is 6.07 Å². The van der Waals surface area contributed by atoms with Crippen LogP contribution in [0.15, 0.2) is 24.3 Å². The summed E-state index contributed by atoms with van der Waals surface area (Å²) >= 11 is 0. The largest absolute Gasteiger partial charge is 0.350 e. The highest BCUT2D eigenvalue weighted by Gasteiger charge is 2.28. The standard InChI is InChI=1S/C14H21N3O3S.ClH/c1-14(2,15)10-16-13(18)11-5-3-6-12(9-11)17-7-4-8-21(17,19)20;/h3,5-6,9H,4,7-8,10,15H2,1-2H3,(H,16,18);1H. The van der Waals surface area contributed by atoms with E-state index >= 15 is 0 Å². The Labute approximate surface area is 137 Å². The van der Waals surface area contributed by atoms with Crippen LogP contribution in [0.2, 0.25) is 0 Å². The Kier molecular flexibility index (Phi) is 5.83. The normalized spacial score (nSPS) is 17.0. The third-order valence-electron chi connectivity index (χ3n) is 3.20. The molecule has 0 atom stereocenters. The van der Waals surface area contributed by atoms with E-state index in [0.29, 0.717) is 30.8 Å². The molecule has 0 saturated carbocycles. The molecule has 0 unspecified atom stereocenters. The van der Waals surface area contributed by atoms with Gasteiger partial charge in [0, 0.05) is 24.2 Å². The van der Waals surface area contributed by atoms with Crippen LogP contribution in [0.1, 0.15) is 30.6 Å². The van der Waals surface area contributed by atoms with Crippen LogP contribution in [0.25, 0.3) is 0 Å². The van der Waals surface area contributed by atoms with Gasteiger partial charge in [-0.25, -0.2) is 8.42 Å². The van der Waals surface area contributed by atoms with Gasteiger partial charge in [0.05, 0.1) is 11.4 Å². The first-order valence-corrected chi connectivity index (χ1v) is 8.47. The lowest BCUT2D eigenvalue weighted by Gasteiger charge is -2.20. The van der Waals surface area contributed by atoms with Crippen LogP contribution in [0.3, 0.4) is 0 Å². The van der Waals surface area contributed by atoms with E-state index in [2.05, 4.69) is 5.32 Å². The van der Waals surface area contributed by atoms with Crippen LogP contribution in [-0.4, -0.2) is 38.7 Å². The fourth-order valence-electron chi connectivity index (χ4n) is 2.14. The first-order chi connectivity index (χ1) is 9.69. The van der Waals surface area contributed by atoms with Gasteiger partial charge in [-0.15, -0.1) is 12.4 Å². The van der Waals surface area contributed by atoms with E-state index in [0.717, 1.165) is 0 Å². The molecule has 0 radical (unpaired) electrons. The maximum absolute atomic E-state index is 12.1. The molecule has 2 rings (SSSR count). The maximum atomic E-state index is 12.1. The molecule has 1 aromatic rings. The minimum Gasteiger partial charge on any atom is -0.350 e. The Morgan fingerprint density at radius 1 is 1.41 bits per heavy atom. The molecule has 1 amide bonds. The molecule has 22 heavy (non-hydrogen) atoms. The van der Waals surface area contributed by atoms with Crippen molar-refractivity contribution in [3.63, 3.8) is 0 Å². The zero-order chi connectivity index (χ0) is 15.7. The molecule has 8 heteroatoms. The van der Waals surface area contributed by atoms with Crippen molar-refractivity contribution in [3.8, 4) is 0 Å². The summed E-state index contributed by atoms with van der Waals surface area (Å²) < 4.78 is 25.2. The van der Waals surface area contributed by atoms with Crippen molar-refractivity contribution in [2.45, 2.75) is 25.8 Å². The molecule has 3 N–H and O–H groups in total. The second-order valence-electron chi connectivity index (χ2n) is 5.96. The van der Waals surface area contributed by atoms with E-state index in [9.17, 15) is 13.2 Å². The number of halogens is 1. The molecule has 0 aromatic heterocycles. The Bertz CT molecular complexity index is 641. The van der Waals surface area contributed by atoms with Crippen molar-refractivity contribution < 1.29 is 13.2 Å². The quantitative estimate of drug-likeness (QED) is 0.853. The number of nitrogens with two attached hydrogens (primary N) is 1. The highest BCUT2D eigenvalue weighted by molar-refractivity contribution is 7.93. The number of hydrogen-bond acceptors (Lipinski definition) is 4. The fraction of sp³-hybridized carbons (Fsp3) is 0.500. The van der Waals surface area contributed by atoms with Gasteiger partial charge in [0.1, 0.15) is 0 Å². The number of benzene rings is 1.